The van der Waals surface area contributed by atoms with Gasteiger partial charge in [-0.1, -0.05) is 60.2 Å². The minimum absolute atomic E-state index is 0.0626. The Hall–Kier alpha value is -4.06. The summed E-state index contributed by atoms with van der Waals surface area (Å²) < 4.78 is 69.2. The number of rotatable bonds is 9. The second-order valence-electron chi connectivity index (χ2n) is 8.24. The van der Waals surface area contributed by atoms with Gasteiger partial charge in [0.2, 0.25) is 5.82 Å². The van der Waals surface area contributed by atoms with Gasteiger partial charge in [-0.3, -0.25) is 0 Å². The summed E-state index contributed by atoms with van der Waals surface area (Å²) in [5, 5.41) is 0. The SMILES string of the molecule is C=CCCOc1ccc(-c2ccc(OCc3ccc(-c4ccc(C)cc4)c(F)c3F)cc2)c(F)c1F. The molecule has 0 fully saturated rings. The van der Waals surface area contributed by atoms with Crippen molar-refractivity contribution in [2.75, 3.05) is 6.61 Å². The molecule has 184 valence electrons. The van der Waals surface area contributed by atoms with Crippen molar-refractivity contribution in [3.05, 3.63) is 120 Å². The van der Waals surface area contributed by atoms with E-state index in [1.807, 2.05) is 19.1 Å². The Morgan fingerprint density at radius 3 is 1.89 bits per heavy atom. The highest BCUT2D eigenvalue weighted by molar-refractivity contribution is 5.66. The van der Waals surface area contributed by atoms with Crippen LogP contribution in [-0.2, 0) is 6.61 Å². The largest absolute Gasteiger partial charge is 0.490 e. The Labute approximate surface area is 207 Å². The van der Waals surface area contributed by atoms with Crippen LogP contribution in [0.5, 0.6) is 11.5 Å². The van der Waals surface area contributed by atoms with E-state index in [2.05, 4.69) is 6.58 Å². The molecule has 0 unspecified atom stereocenters. The molecule has 0 saturated carbocycles. The number of ether oxygens (including phenoxy) is 2. The summed E-state index contributed by atoms with van der Waals surface area (Å²) in [6.45, 7) is 5.47. The lowest BCUT2D eigenvalue weighted by molar-refractivity contribution is 0.297. The molecule has 0 atom stereocenters. The van der Waals surface area contributed by atoms with E-state index in [-0.39, 0.29) is 35.7 Å². The molecule has 36 heavy (non-hydrogen) atoms. The Morgan fingerprint density at radius 2 is 1.25 bits per heavy atom. The first-order chi connectivity index (χ1) is 17.4. The number of hydrogen-bond acceptors (Lipinski definition) is 2. The number of halogens is 4. The lowest BCUT2D eigenvalue weighted by Crippen LogP contribution is -2.02. The second-order valence-corrected chi connectivity index (χ2v) is 8.24. The number of aryl methyl sites for hydroxylation is 1. The van der Waals surface area contributed by atoms with E-state index in [1.165, 1.54) is 24.3 Å². The molecule has 0 spiro atoms. The molecule has 0 N–H and O–H groups in total. The first kappa shape index (κ1) is 25.0. The van der Waals surface area contributed by atoms with Gasteiger partial charge >= 0.3 is 0 Å². The highest BCUT2D eigenvalue weighted by Crippen LogP contribution is 2.32. The van der Waals surface area contributed by atoms with Crippen LogP contribution in [0, 0.1) is 30.2 Å². The van der Waals surface area contributed by atoms with E-state index in [9.17, 15) is 17.6 Å². The van der Waals surface area contributed by atoms with Crippen LogP contribution in [0.2, 0.25) is 0 Å². The molecule has 0 radical (unpaired) electrons. The third-order valence-corrected chi connectivity index (χ3v) is 5.71. The average molecular weight is 493 g/mol. The van der Waals surface area contributed by atoms with E-state index in [0.717, 1.165) is 5.56 Å². The quantitative estimate of drug-likeness (QED) is 0.133. The minimum Gasteiger partial charge on any atom is -0.490 e. The lowest BCUT2D eigenvalue weighted by atomic mass is 10.0. The van der Waals surface area contributed by atoms with Gasteiger partial charge in [0.25, 0.3) is 0 Å². The van der Waals surface area contributed by atoms with Crippen LogP contribution in [0.1, 0.15) is 17.5 Å². The van der Waals surface area contributed by atoms with Crippen LogP contribution < -0.4 is 9.47 Å². The van der Waals surface area contributed by atoms with Gasteiger partial charge in [-0.2, -0.15) is 4.39 Å². The highest BCUT2D eigenvalue weighted by atomic mass is 19.2. The van der Waals surface area contributed by atoms with Crippen LogP contribution in [0.3, 0.4) is 0 Å². The normalized spacial score (nSPS) is 10.8. The summed E-state index contributed by atoms with van der Waals surface area (Å²) >= 11 is 0. The van der Waals surface area contributed by atoms with E-state index in [4.69, 9.17) is 9.47 Å². The zero-order chi connectivity index (χ0) is 25.7. The zero-order valence-electron chi connectivity index (χ0n) is 19.7. The third kappa shape index (κ3) is 5.43. The average Bonchev–Trinajstić information content (AvgIpc) is 2.89. The molecule has 0 aliphatic heterocycles. The van der Waals surface area contributed by atoms with E-state index in [0.29, 0.717) is 23.3 Å². The van der Waals surface area contributed by atoms with Crippen LogP contribution in [0.15, 0.2) is 85.5 Å². The molecule has 4 rings (SSSR count). The molecule has 4 aromatic carbocycles. The lowest BCUT2D eigenvalue weighted by Gasteiger charge is -2.12. The van der Waals surface area contributed by atoms with Crippen molar-refractivity contribution in [1.82, 2.24) is 0 Å². The smallest absolute Gasteiger partial charge is 0.201 e. The van der Waals surface area contributed by atoms with Crippen molar-refractivity contribution in [1.29, 1.82) is 0 Å². The standard InChI is InChI=1S/C30H24F4O2/c1-3-4-17-35-26-16-15-25(29(33)30(26)34)21-9-12-23(13-10-21)36-18-22-11-14-24(28(32)27(22)31)20-7-5-19(2)6-8-20/h3,5-16H,1,4,17-18H2,2H3. The molecule has 0 saturated heterocycles. The number of hydrogen-bond donors (Lipinski definition) is 0. The predicted octanol–water partition coefficient (Wildman–Crippen LogP) is 8.42. The maximum Gasteiger partial charge on any atom is 0.201 e. The van der Waals surface area contributed by atoms with Gasteiger partial charge < -0.3 is 9.47 Å². The molecule has 0 amide bonds. The van der Waals surface area contributed by atoms with Crippen LogP contribution in [0.4, 0.5) is 17.6 Å². The number of benzene rings is 4. The van der Waals surface area contributed by atoms with Crippen LogP contribution in [0.25, 0.3) is 22.3 Å². The molecule has 6 heteroatoms. The topological polar surface area (TPSA) is 18.5 Å². The van der Waals surface area contributed by atoms with E-state index < -0.39 is 23.3 Å². The maximum absolute atomic E-state index is 14.7. The van der Waals surface area contributed by atoms with E-state index >= 15 is 0 Å². The molecule has 0 aliphatic rings. The molecule has 4 aromatic rings. The van der Waals surface area contributed by atoms with Gasteiger partial charge in [-0.25, -0.2) is 13.2 Å². The fourth-order valence-corrected chi connectivity index (χ4v) is 3.67. The van der Waals surface area contributed by atoms with E-state index in [1.54, 1.807) is 42.5 Å². The maximum atomic E-state index is 14.7. The van der Waals surface area contributed by atoms with Gasteiger partial charge in [0.1, 0.15) is 12.4 Å². The molecule has 2 nitrogen and oxygen atoms in total. The Bertz CT molecular complexity index is 1360. The molecular weight excluding hydrogens is 468 g/mol. The van der Waals surface area contributed by atoms with Gasteiger partial charge in [0, 0.05) is 16.7 Å². The first-order valence-corrected chi connectivity index (χ1v) is 11.4. The summed E-state index contributed by atoms with van der Waals surface area (Å²) in [5.41, 5.74) is 2.33. The van der Waals surface area contributed by atoms with Gasteiger partial charge in [0.05, 0.1) is 6.61 Å². The van der Waals surface area contributed by atoms with Crippen molar-refractivity contribution < 1.29 is 27.0 Å². The summed E-state index contributed by atoms with van der Waals surface area (Å²) in [7, 11) is 0. The Balaban J connectivity index is 1.45. The molecule has 0 aliphatic carbocycles. The second kappa shape index (κ2) is 11.1. The van der Waals surface area contributed by atoms with Crippen molar-refractivity contribution >= 4 is 0 Å². The molecular formula is C30H24F4O2. The Kier molecular flexibility index (Phi) is 7.74. The van der Waals surface area contributed by atoms with Crippen molar-refractivity contribution in [2.24, 2.45) is 0 Å². The molecule has 0 heterocycles. The van der Waals surface area contributed by atoms with Crippen molar-refractivity contribution in [2.45, 2.75) is 20.0 Å². The highest BCUT2D eigenvalue weighted by Gasteiger charge is 2.17. The molecule has 0 bridgehead atoms. The summed E-state index contributed by atoms with van der Waals surface area (Å²) in [5.74, 6) is -3.80. The predicted molar refractivity (Wildman–Crippen MR) is 133 cm³/mol. The van der Waals surface area contributed by atoms with Gasteiger partial charge in [-0.05, 0) is 48.7 Å². The monoisotopic (exact) mass is 492 g/mol. The van der Waals surface area contributed by atoms with Gasteiger partial charge in [-0.15, -0.1) is 6.58 Å². The fraction of sp³-hybridized carbons (Fsp3) is 0.133. The van der Waals surface area contributed by atoms with Crippen molar-refractivity contribution in [3.63, 3.8) is 0 Å². The Morgan fingerprint density at radius 1 is 0.667 bits per heavy atom. The third-order valence-electron chi connectivity index (χ3n) is 5.71. The van der Waals surface area contributed by atoms with Crippen molar-refractivity contribution in [3.8, 4) is 33.8 Å². The van der Waals surface area contributed by atoms with Crippen LogP contribution >= 0.6 is 0 Å². The molecule has 0 aromatic heterocycles. The minimum atomic E-state index is -1.07. The van der Waals surface area contributed by atoms with Crippen LogP contribution in [-0.4, -0.2) is 6.61 Å². The summed E-state index contributed by atoms with van der Waals surface area (Å²) in [6.07, 6.45) is 2.13. The van der Waals surface area contributed by atoms with Gasteiger partial charge in [0.15, 0.2) is 23.2 Å². The summed E-state index contributed by atoms with van der Waals surface area (Å²) in [6, 6.07) is 19.2. The first-order valence-electron chi connectivity index (χ1n) is 11.4. The fourth-order valence-electron chi connectivity index (χ4n) is 3.67. The zero-order valence-corrected chi connectivity index (χ0v) is 19.7. The summed E-state index contributed by atoms with van der Waals surface area (Å²) in [4.78, 5) is 0.